The van der Waals surface area contributed by atoms with E-state index in [9.17, 15) is 4.79 Å². The Balaban J connectivity index is 1.48. The third-order valence-corrected chi connectivity index (χ3v) is 4.95. The van der Waals surface area contributed by atoms with Gasteiger partial charge >= 0.3 is 6.03 Å². The first-order valence-electron chi connectivity index (χ1n) is 9.58. The SMILES string of the molecule is CCCCNC(=O)N1CCN(c2ncnc3cc4c(cc23)OCCO4)CC1. The van der Waals surface area contributed by atoms with Crippen molar-refractivity contribution in [3.8, 4) is 11.5 Å². The average molecular weight is 371 g/mol. The standard InChI is InChI=1S/C19H25N5O3/c1-2-3-4-20-19(25)24-7-5-23(6-8-24)18-14-11-16-17(27-10-9-26-16)12-15(14)21-13-22-18/h11-13H,2-10H2,1H3,(H,20,25). The van der Waals surface area contributed by atoms with Gasteiger partial charge in [-0.2, -0.15) is 0 Å². The van der Waals surface area contributed by atoms with Crippen LogP contribution in [0.25, 0.3) is 10.9 Å². The molecule has 2 aliphatic rings. The number of piperazine rings is 1. The summed E-state index contributed by atoms with van der Waals surface area (Å²) in [5.41, 5.74) is 0.837. The average Bonchev–Trinajstić information content (AvgIpc) is 2.72. The van der Waals surface area contributed by atoms with Crippen molar-refractivity contribution in [1.29, 1.82) is 0 Å². The van der Waals surface area contributed by atoms with Crippen LogP contribution in [-0.2, 0) is 0 Å². The highest BCUT2D eigenvalue weighted by Gasteiger charge is 2.24. The Bertz CT molecular complexity index is 820. The molecule has 144 valence electrons. The Morgan fingerprint density at radius 1 is 1.11 bits per heavy atom. The van der Waals surface area contributed by atoms with Crippen molar-refractivity contribution < 1.29 is 14.3 Å². The van der Waals surface area contributed by atoms with Crippen LogP contribution in [0.4, 0.5) is 10.6 Å². The first kappa shape index (κ1) is 17.6. The van der Waals surface area contributed by atoms with Gasteiger partial charge in [-0.25, -0.2) is 14.8 Å². The Kier molecular flexibility index (Phi) is 5.13. The number of aromatic nitrogens is 2. The van der Waals surface area contributed by atoms with Crippen LogP contribution in [0.5, 0.6) is 11.5 Å². The van der Waals surface area contributed by atoms with E-state index in [4.69, 9.17) is 9.47 Å². The molecule has 1 aromatic carbocycles. The molecule has 2 aromatic rings. The molecule has 3 heterocycles. The Morgan fingerprint density at radius 3 is 2.59 bits per heavy atom. The van der Waals surface area contributed by atoms with Crippen molar-refractivity contribution in [3.63, 3.8) is 0 Å². The van der Waals surface area contributed by atoms with E-state index in [0.717, 1.165) is 60.7 Å². The molecule has 0 spiro atoms. The molecule has 0 atom stereocenters. The first-order chi connectivity index (χ1) is 13.3. The molecule has 1 N–H and O–H groups in total. The van der Waals surface area contributed by atoms with E-state index in [1.807, 2.05) is 17.0 Å². The summed E-state index contributed by atoms with van der Waals surface area (Å²) in [5.74, 6) is 2.34. The number of hydrogen-bond donors (Lipinski definition) is 1. The number of hydrogen-bond acceptors (Lipinski definition) is 6. The number of benzene rings is 1. The van der Waals surface area contributed by atoms with E-state index in [1.165, 1.54) is 0 Å². The van der Waals surface area contributed by atoms with Gasteiger partial charge < -0.3 is 24.6 Å². The fourth-order valence-electron chi connectivity index (χ4n) is 3.44. The van der Waals surface area contributed by atoms with Crippen molar-refractivity contribution in [1.82, 2.24) is 20.2 Å². The minimum absolute atomic E-state index is 0.0234. The number of fused-ring (bicyclic) bond motifs is 2. The van der Waals surface area contributed by atoms with Crippen LogP contribution in [-0.4, -0.2) is 66.8 Å². The van der Waals surface area contributed by atoms with Gasteiger partial charge in [0.2, 0.25) is 0 Å². The van der Waals surface area contributed by atoms with Gasteiger partial charge in [-0.1, -0.05) is 13.3 Å². The van der Waals surface area contributed by atoms with Gasteiger partial charge in [-0.15, -0.1) is 0 Å². The van der Waals surface area contributed by atoms with Crippen LogP contribution in [0.1, 0.15) is 19.8 Å². The molecule has 0 saturated carbocycles. The predicted octanol–water partition coefficient (Wildman–Crippen LogP) is 2.03. The lowest BCUT2D eigenvalue weighted by atomic mass is 10.2. The molecule has 2 aliphatic heterocycles. The molecule has 1 fully saturated rings. The van der Waals surface area contributed by atoms with Crippen LogP contribution in [0.15, 0.2) is 18.5 Å². The third kappa shape index (κ3) is 3.70. The predicted molar refractivity (Wildman–Crippen MR) is 103 cm³/mol. The number of rotatable bonds is 4. The normalized spacial score (nSPS) is 16.5. The maximum Gasteiger partial charge on any atom is 0.317 e. The molecular formula is C19H25N5O3. The topological polar surface area (TPSA) is 79.8 Å². The number of unbranched alkanes of at least 4 members (excludes halogenated alkanes) is 1. The van der Waals surface area contributed by atoms with Gasteiger partial charge in [-0.3, -0.25) is 0 Å². The number of nitrogens with one attached hydrogen (secondary N) is 1. The van der Waals surface area contributed by atoms with Crippen LogP contribution >= 0.6 is 0 Å². The summed E-state index contributed by atoms with van der Waals surface area (Å²) in [7, 11) is 0. The van der Waals surface area contributed by atoms with Crippen LogP contribution < -0.4 is 19.7 Å². The number of nitrogens with zero attached hydrogens (tertiary/aromatic N) is 4. The molecule has 2 amide bonds. The number of ether oxygens (including phenoxy) is 2. The molecule has 0 bridgehead atoms. The summed E-state index contributed by atoms with van der Waals surface area (Å²) < 4.78 is 11.4. The highest BCUT2D eigenvalue weighted by molar-refractivity contribution is 5.92. The summed E-state index contributed by atoms with van der Waals surface area (Å²) in [6, 6.07) is 3.89. The lowest BCUT2D eigenvalue weighted by Crippen LogP contribution is -2.52. The number of carbonyl (C=O) groups is 1. The van der Waals surface area contributed by atoms with Crippen molar-refractivity contribution in [3.05, 3.63) is 18.5 Å². The van der Waals surface area contributed by atoms with Gasteiger partial charge in [0.05, 0.1) is 5.52 Å². The third-order valence-electron chi connectivity index (χ3n) is 4.95. The molecule has 1 aromatic heterocycles. The van der Waals surface area contributed by atoms with E-state index >= 15 is 0 Å². The number of carbonyl (C=O) groups excluding carboxylic acids is 1. The first-order valence-corrected chi connectivity index (χ1v) is 9.58. The second-order valence-corrected chi connectivity index (χ2v) is 6.77. The summed E-state index contributed by atoms with van der Waals surface area (Å²) in [6.07, 6.45) is 3.67. The highest BCUT2D eigenvalue weighted by Crippen LogP contribution is 2.36. The van der Waals surface area contributed by atoms with Crippen LogP contribution in [0.2, 0.25) is 0 Å². The van der Waals surface area contributed by atoms with Gasteiger partial charge in [0.1, 0.15) is 25.4 Å². The molecular weight excluding hydrogens is 346 g/mol. The lowest BCUT2D eigenvalue weighted by molar-refractivity contribution is 0.172. The van der Waals surface area contributed by atoms with Crippen LogP contribution in [0, 0.1) is 0 Å². The minimum atomic E-state index is 0.0234. The maximum absolute atomic E-state index is 12.2. The molecule has 8 nitrogen and oxygen atoms in total. The zero-order chi connectivity index (χ0) is 18.6. The zero-order valence-electron chi connectivity index (χ0n) is 15.6. The van der Waals surface area contributed by atoms with E-state index in [0.29, 0.717) is 26.3 Å². The van der Waals surface area contributed by atoms with Gasteiger partial charge in [0.25, 0.3) is 0 Å². The molecule has 0 radical (unpaired) electrons. The molecule has 0 unspecified atom stereocenters. The van der Waals surface area contributed by atoms with E-state index in [-0.39, 0.29) is 6.03 Å². The van der Waals surface area contributed by atoms with Crippen molar-refractivity contribution in [2.24, 2.45) is 0 Å². The molecule has 1 saturated heterocycles. The van der Waals surface area contributed by atoms with Crippen molar-refractivity contribution >= 4 is 22.8 Å². The summed E-state index contributed by atoms with van der Waals surface area (Å²) >= 11 is 0. The van der Waals surface area contributed by atoms with Gasteiger partial charge in [0.15, 0.2) is 11.5 Å². The van der Waals surface area contributed by atoms with Crippen LogP contribution in [0.3, 0.4) is 0 Å². The number of amides is 2. The summed E-state index contributed by atoms with van der Waals surface area (Å²) in [4.78, 5) is 25.2. The van der Waals surface area contributed by atoms with Gasteiger partial charge in [0, 0.05) is 44.2 Å². The summed E-state index contributed by atoms with van der Waals surface area (Å²) in [5, 5.41) is 3.93. The van der Waals surface area contributed by atoms with Crippen molar-refractivity contribution in [2.75, 3.05) is 50.8 Å². The highest BCUT2D eigenvalue weighted by atomic mass is 16.6. The smallest absolute Gasteiger partial charge is 0.317 e. The minimum Gasteiger partial charge on any atom is -0.486 e. The zero-order valence-corrected chi connectivity index (χ0v) is 15.6. The fourth-order valence-corrected chi connectivity index (χ4v) is 3.44. The Morgan fingerprint density at radius 2 is 1.85 bits per heavy atom. The Hall–Kier alpha value is -2.77. The number of urea groups is 1. The largest absolute Gasteiger partial charge is 0.486 e. The molecule has 0 aliphatic carbocycles. The Labute approximate surface area is 158 Å². The number of anilines is 1. The second kappa shape index (κ2) is 7.85. The molecule has 8 heteroatoms. The molecule has 27 heavy (non-hydrogen) atoms. The van der Waals surface area contributed by atoms with E-state index < -0.39 is 0 Å². The maximum atomic E-state index is 12.2. The monoisotopic (exact) mass is 371 g/mol. The van der Waals surface area contributed by atoms with E-state index in [2.05, 4.69) is 27.1 Å². The fraction of sp³-hybridized carbons (Fsp3) is 0.526. The summed E-state index contributed by atoms with van der Waals surface area (Å²) in [6.45, 7) is 6.78. The quantitative estimate of drug-likeness (QED) is 0.829. The van der Waals surface area contributed by atoms with Gasteiger partial charge in [-0.05, 0) is 12.5 Å². The second-order valence-electron chi connectivity index (χ2n) is 6.77. The van der Waals surface area contributed by atoms with E-state index in [1.54, 1.807) is 6.33 Å². The van der Waals surface area contributed by atoms with Crippen molar-refractivity contribution in [2.45, 2.75) is 19.8 Å². The lowest BCUT2D eigenvalue weighted by Gasteiger charge is -2.35. The molecule has 4 rings (SSSR count).